The van der Waals surface area contributed by atoms with Crippen LogP contribution in [0.4, 0.5) is 13.2 Å². The molecule has 0 amide bonds. The van der Waals surface area contributed by atoms with E-state index >= 15 is 0 Å². The summed E-state index contributed by atoms with van der Waals surface area (Å²) in [6, 6.07) is 8.08. The van der Waals surface area contributed by atoms with Gasteiger partial charge in [0.15, 0.2) is 0 Å². The molecule has 0 heterocycles. The molecule has 1 N–H and O–H groups in total. The number of hydrogen-bond acceptors (Lipinski definition) is 2. The molecular formula is C13H16F3NS. The van der Waals surface area contributed by atoms with Crippen LogP contribution in [-0.2, 0) is 0 Å². The first-order valence-electron chi connectivity index (χ1n) is 5.95. The van der Waals surface area contributed by atoms with Crippen LogP contribution in [0.15, 0.2) is 29.2 Å². The molecule has 18 heavy (non-hydrogen) atoms. The number of hydrogen-bond donors (Lipinski definition) is 1. The first-order valence-corrected chi connectivity index (χ1v) is 6.93. The van der Waals surface area contributed by atoms with Crippen molar-refractivity contribution in [3.8, 4) is 0 Å². The molecule has 1 nitrogen and oxygen atoms in total. The van der Waals surface area contributed by atoms with Gasteiger partial charge in [0.2, 0.25) is 0 Å². The number of benzene rings is 1. The maximum absolute atomic E-state index is 12.1. The molecule has 1 saturated carbocycles. The monoisotopic (exact) mass is 275 g/mol. The van der Waals surface area contributed by atoms with Gasteiger partial charge in [0.05, 0.1) is 5.75 Å². The SMILES string of the molecule is CNC1CC(c2ccc(SCC(F)(F)F)cc2)C1. The van der Waals surface area contributed by atoms with E-state index in [1.165, 1.54) is 5.56 Å². The molecule has 0 unspecified atom stereocenters. The molecule has 1 aliphatic carbocycles. The molecule has 0 saturated heterocycles. The van der Waals surface area contributed by atoms with E-state index < -0.39 is 11.9 Å². The first kappa shape index (κ1) is 13.7. The molecule has 2 rings (SSSR count). The van der Waals surface area contributed by atoms with E-state index in [0.717, 1.165) is 24.6 Å². The molecule has 0 aliphatic heterocycles. The van der Waals surface area contributed by atoms with Crippen molar-refractivity contribution in [1.29, 1.82) is 0 Å². The lowest BCUT2D eigenvalue weighted by molar-refractivity contribution is -0.105. The number of nitrogens with one attached hydrogen (secondary N) is 1. The van der Waals surface area contributed by atoms with Gasteiger partial charge in [-0.15, -0.1) is 11.8 Å². The second kappa shape index (κ2) is 5.53. The fourth-order valence-corrected chi connectivity index (χ4v) is 2.79. The minimum atomic E-state index is -4.10. The smallest absolute Gasteiger partial charge is 0.317 e. The summed E-state index contributed by atoms with van der Waals surface area (Å²) >= 11 is 0.841. The maximum Gasteiger partial charge on any atom is 0.398 e. The van der Waals surface area contributed by atoms with Crippen LogP contribution in [-0.4, -0.2) is 25.0 Å². The molecule has 1 aromatic rings. The standard InChI is InChI=1S/C13H16F3NS/c1-17-11-6-10(7-11)9-2-4-12(5-3-9)18-8-13(14,15)16/h2-5,10-11,17H,6-8H2,1H3. The molecular weight excluding hydrogens is 259 g/mol. The van der Waals surface area contributed by atoms with Crippen LogP contribution in [0.5, 0.6) is 0 Å². The lowest BCUT2D eigenvalue weighted by Gasteiger charge is -2.35. The molecule has 1 aliphatic rings. The number of alkyl halides is 3. The highest BCUT2D eigenvalue weighted by Gasteiger charge is 2.29. The Morgan fingerprint density at radius 1 is 1.22 bits per heavy atom. The zero-order valence-electron chi connectivity index (χ0n) is 10.1. The van der Waals surface area contributed by atoms with Gasteiger partial charge in [0, 0.05) is 10.9 Å². The molecule has 0 bridgehead atoms. The van der Waals surface area contributed by atoms with Gasteiger partial charge in [-0.05, 0) is 43.5 Å². The van der Waals surface area contributed by atoms with Gasteiger partial charge >= 0.3 is 6.18 Å². The van der Waals surface area contributed by atoms with Gasteiger partial charge in [-0.25, -0.2) is 0 Å². The molecule has 0 spiro atoms. The van der Waals surface area contributed by atoms with E-state index in [9.17, 15) is 13.2 Å². The van der Waals surface area contributed by atoms with E-state index in [1.54, 1.807) is 12.1 Å². The van der Waals surface area contributed by atoms with Crippen molar-refractivity contribution in [2.24, 2.45) is 0 Å². The van der Waals surface area contributed by atoms with Gasteiger partial charge in [0.25, 0.3) is 0 Å². The molecule has 1 aromatic carbocycles. The summed E-state index contributed by atoms with van der Waals surface area (Å²) in [5.41, 5.74) is 1.23. The molecule has 0 aromatic heterocycles. The van der Waals surface area contributed by atoms with E-state index in [4.69, 9.17) is 0 Å². The second-order valence-electron chi connectivity index (χ2n) is 4.63. The Kier molecular flexibility index (Phi) is 4.22. The Morgan fingerprint density at radius 3 is 2.33 bits per heavy atom. The van der Waals surface area contributed by atoms with Crippen molar-refractivity contribution < 1.29 is 13.2 Å². The summed E-state index contributed by atoms with van der Waals surface area (Å²) in [6.45, 7) is 0. The molecule has 5 heteroatoms. The fraction of sp³-hybridized carbons (Fsp3) is 0.538. The third kappa shape index (κ3) is 3.65. The van der Waals surface area contributed by atoms with Crippen molar-refractivity contribution in [3.05, 3.63) is 29.8 Å². The third-order valence-corrected chi connectivity index (χ3v) is 4.38. The van der Waals surface area contributed by atoms with E-state index in [-0.39, 0.29) is 0 Å². The van der Waals surface area contributed by atoms with Gasteiger partial charge in [0.1, 0.15) is 0 Å². The average molecular weight is 275 g/mol. The Bertz CT molecular complexity index is 382. The number of thioether (sulfide) groups is 1. The highest BCUT2D eigenvalue weighted by Crippen LogP contribution is 2.37. The zero-order valence-corrected chi connectivity index (χ0v) is 10.9. The molecule has 0 radical (unpaired) electrons. The Hall–Kier alpha value is -0.680. The van der Waals surface area contributed by atoms with E-state index in [2.05, 4.69) is 5.32 Å². The second-order valence-corrected chi connectivity index (χ2v) is 5.68. The van der Waals surface area contributed by atoms with Crippen molar-refractivity contribution in [2.75, 3.05) is 12.8 Å². The molecule has 100 valence electrons. The van der Waals surface area contributed by atoms with Crippen LogP contribution in [0.1, 0.15) is 24.3 Å². The van der Waals surface area contributed by atoms with E-state index in [0.29, 0.717) is 16.9 Å². The van der Waals surface area contributed by atoms with E-state index in [1.807, 2.05) is 19.2 Å². The van der Waals surface area contributed by atoms with Gasteiger partial charge < -0.3 is 5.32 Å². The van der Waals surface area contributed by atoms with Crippen molar-refractivity contribution >= 4 is 11.8 Å². The predicted molar refractivity (Wildman–Crippen MR) is 68.0 cm³/mol. The fourth-order valence-electron chi connectivity index (χ4n) is 2.13. The topological polar surface area (TPSA) is 12.0 Å². The minimum absolute atomic E-state index is 0.559. The summed E-state index contributed by atoms with van der Waals surface area (Å²) in [7, 11) is 1.96. The Morgan fingerprint density at radius 2 is 1.83 bits per heavy atom. The maximum atomic E-state index is 12.1. The van der Waals surface area contributed by atoms with Crippen molar-refractivity contribution in [3.63, 3.8) is 0 Å². The van der Waals surface area contributed by atoms with Gasteiger partial charge in [-0.1, -0.05) is 12.1 Å². The lowest BCUT2D eigenvalue weighted by Crippen LogP contribution is -2.37. The summed E-state index contributed by atoms with van der Waals surface area (Å²) in [5, 5.41) is 3.22. The average Bonchev–Trinajstić information content (AvgIpc) is 2.25. The quantitative estimate of drug-likeness (QED) is 0.839. The van der Waals surface area contributed by atoms with Crippen LogP contribution in [0, 0.1) is 0 Å². The zero-order chi connectivity index (χ0) is 13.2. The molecule has 0 atom stereocenters. The largest absolute Gasteiger partial charge is 0.398 e. The number of halogens is 3. The van der Waals surface area contributed by atoms with Crippen LogP contribution in [0.2, 0.25) is 0 Å². The van der Waals surface area contributed by atoms with Crippen LogP contribution in [0.3, 0.4) is 0 Å². The van der Waals surface area contributed by atoms with Crippen LogP contribution in [0.25, 0.3) is 0 Å². The third-order valence-electron chi connectivity index (χ3n) is 3.30. The summed E-state index contributed by atoms with van der Waals surface area (Å²) in [4.78, 5) is 0.681. The van der Waals surface area contributed by atoms with Crippen molar-refractivity contribution in [1.82, 2.24) is 5.32 Å². The molecule has 1 fully saturated rings. The first-order chi connectivity index (χ1) is 8.48. The van der Waals surface area contributed by atoms with Crippen LogP contribution >= 0.6 is 11.8 Å². The highest BCUT2D eigenvalue weighted by molar-refractivity contribution is 7.99. The lowest BCUT2D eigenvalue weighted by atomic mass is 9.76. The summed E-state index contributed by atoms with van der Waals surface area (Å²) in [5.74, 6) is -0.262. The minimum Gasteiger partial charge on any atom is -0.317 e. The summed E-state index contributed by atoms with van der Waals surface area (Å²) in [6.07, 6.45) is -1.87. The number of rotatable bonds is 4. The van der Waals surface area contributed by atoms with Crippen LogP contribution < -0.4 is 5.32 Å². The Labute approximate surface area is 109 Å². The normalized spacial score (nSPS) is 23.8. The van der Waals surface area contributed by atoms with Gasteiger partial charge in [-0.3, -0.25) is 0 Å². The Balaban J connectivity index is 1.86. The summed E-state index contributed by atoms with van der Waals surface area (Å²) < 4.78 is 36.2. The predicted octanol–water partition coefficient (Wildman–Crippen LogP) is 3.81. The highest BCUT2D eigenvalue weighted by atomic mass is 32.2. The van der Waals surface area contributed by atoms with Crippen molar-refractivity contribution in [2.45, 2.75) is 35.9 Å². The van der Waals surface area contributed by atoms with Gasteiger partial charge in [-0.2, -0.15) is 13.2 Å².